The molecule has 0 saturated carbocycles. The normalized spacial score (nSPS) is 10.9. The minimum Gasteiger partial charge on any atom is -0.497 e. The van der Waals surface area contributed by atoms with Crippen LogP contribution in [0.4, 0.5) is 5.82 Å². The van der Waals surface area contributed by atoms with Crippen molar-refractivity contribution in [3.05, 3.63) is 79.9 Å². The second-order valence-corrected chi connectivity index (χ2v) is 9.47. The molecule has 0 radical (unpaired) electrons. The van der Waals surface area contributed by atoms with Gasteiger partial charge in [-0.2, -0.15) is 9.78 Å². The highest BCUT2D eigenvalue weighted by Gasteiger charge is 2.22. The molecule has 0 fully saturated rings. The molecular formula is C25H25ClN4O5S. The lowest BCUT2D eigenvalue weighted by atomic mass is 10.1. The molecule has 4 aromatic rings. The molecule has 3 aromatic heterocycles. The molecular weight excluding hydrogens is 504 g/mol. The van der Waals surface area contributed by atoms with Crippen molar-refractivity contribution in [3.8, 4) is 22.8 Å². The first kappa shape index (κ1) is 25.5. The maximum atomic E-state index is 13.6. The smallest absolute Gasteiger partial charge is 0.283 e. The van der Waals surface area contributed by atoms with Crippen LogP contribution in [0, 0.1) is 0 Å². The third-order valence-electron chi connectivity index (χ3n) is 5.45. The Hall–Kier alpha value is -3.60. The zero-order valence-electron chi connectivity index (χ0n) is 20.0. The average Bonchev–Trinajstić information content (AvgIpc) is 3.51. The Morgan fingerprint density at radius 3 is 2.64 bits per heavy atom. The number of anilines is 1. The Bertz CT molecular complexity index is 1430. The van der Waals surface area contributed by atoms with Gasteiger partial charge in [-0.25, -0.2) is 0 Å². The van der Waals surface area contributed by atoms with E-state index in [2.05, 4.69) is 10.4 Å². The molecule has 0 unspecified atom stereocenters. The number of thiophene rings is 1. The van der Waals surface area contributed by atoms with Gasteiger partial charge in [0.1, 0.15) is 23.0 Å². The van der Waals surface area contributed by atoms with Crippen molar-refractivity contribution in [3.63, 3.8) is 0 Å². The summed E-state index contributed by atoms with van der Waals surface area (Å²) in [5.41, 5.74) is 0.786. The number of methoxy groups -OCH3 is 3. The van der Waals surface area contributed by atoms with E-state index < -0.39 is 5.91 Å². The number of pyridine rings is 1. The van der Waals surface area contributed by atoms with Gasteiger partial charge in [0.15, 0.2) is 0 Å². The summed E-state index contributed by atoms with van der Waals surface area (Å²) in [5.74, 6) is 0.889. The Morgan fingerprint density at radius 2 is 1.94 bits per heavy atom. The van der Waals surface area contributed by atoms with Gasteiger partial charge < -0.3 is 24.1 Å². The summed E-state index contributed by atoms with van der Waals surface area (Å²) < 4.78 is 19.2. The minimum atomic E-state index is -0.428. The first-order chi connectivity index (χ1) is 17.4. The van der Waals surface area contributed by atoms with Crippen LogP contribution in [0.3, 0.4) is 0 Å². The molecule has 188 valence electrons. The fourth-order valence-corrected chi connectivity index (χ4v) is 4.63. The first-order valence-corrected chi connectivity index (χ1v) is 12.2. The van der Waals surface area contributed by atoms with Crippen molar-refractivity contribution in [1.29, 1.82) is 0 Å². The molecule has 1 aromatic carbocycles. The van der Waals surface area contributed by atoms with E-state index in [9.17, 15) is 9.59 Å². The molecule has 1 N–H and O–H groups in total. The molecule has 0 saturated heterocycles. The average molecular weight is 529 g/mol. The van der Waals surface area contributed by atoms with Crippen LogP contribution < -0.4 is 20.3 Å². The predicted octanol–water partition coefficient (Wildman–Crippen LogP) is 4.39. The Labute approximate surface area is 216 Å². The van der Waals surface area contributed by atoms with Crippen molar-refractivity contribution < 1.29 is 19.0 Å². The second-order valence-electron chi connectivity index (χ2n) is 7.67. The van der Waals surface area contributed by atoms with E-state index in [1.807, 2.05) is 12.1 Å². The summed E-state index contributed by atoms with van der Waals surface area (Å²) in [7, 11) is 4.59. The SMILES string of the molecule is COCCn1cccc(-c2cc(NCc3ccc(Cl)s3)n(C(=O)c3ccc(OC)cc3OC)n2)c1=O. The van der Waals surface area contributed by atoms with E-state index in [1.54, 1.807) is 54.3 Å². The van der Waals surface area contributed by atoms with Gasteiger partial charge in [-0.05, 0) is 36.4 Å². The molecule has 0 aliphatic rings. The van der Waals surface area contributed by atoms with E-state index in [0.29, 0.717) is 58.2 Å². The zero-order valence-corrected chi connectivity index (χ0v) is 21.6. The molecule has 36 heavy (non-hydrogen) atoms. The van der Waals surface area contributed by atoms with Crippen LogP contribution in [0.1, 0.15) is 15.2 Å². The zero-order chi connectivity index (χ0) is 25.7. The van der Waals surface area contributed by atoms with Crippen LogP contribution in [0.15, 0.2) is 59.5 Å². The second kappa shape index (κ2) is 11.4. The predicted molar refractivity (Wildman–Crippen MR) is 140 cm³/mol. The van der Waals surface area contributed by atoms with Gasteiger partial charge in [-0.1, -0.05) is 11.6 Å². The van der Waals surface area contributed by atoms with E-state index in [-0.39, 0.29) is 5.56 Å². The number of rotatable bonds is 10. The molecule has 3 heterocycles. The lowest BCUT2D eigenvalue weighted by Gasteiger charge is -2.12. The number of hydrogen-bond acceptors (Lipinski definition) is 8. The van der Waals surface area contributed by atoms with Gasteiger partial charge in [-0.3, -0.25) is 9.59 Å². The number of hydrogen-bond donors (Lipinski definition) is 1. The third kappa shape index (κ3) is 5.46. The number of ether oxygens (including phenoxy) is 3. The number of carbonyl (C=O) groups excluding carboxylic acids is 1. The summed E-state index contributed by atoms with van der Waals surface area (Å²) in [6, 6.07) is 13.8. The van der Waals surface area contributed by atoms with Gasteiger partial charge in [0.2, 0.25) is 0 Å². The highest BCUT2D eigenvalue weighted by molar-refractivity contribution is 7.16. The van der Waals surface area contributed by atoms with Gasteiger partial charge in [0, 0.05) is 36.9 Å². The molecule has 4 rings (SSSR count). The number of carbonyl (C=O) groups is 1. The van der Waals surface area contributed by atoms with Crippen LogP contribution in [-0.2, 0) is 17.8 Å². The van der Waals surface area contributed by atoms with Crippen LogP contribution >= 0.6 is 22.9 Å². The molecule has 0 amide bonds. The highest BCUT2D eigenvalue weighted by Crippen LogP contribution is 2.28. The van der Waals surface area contributed by atoms with E-state index >= 15 is 0 Å². The number of benzene rings is 1. The van der Waals surface area contributed by atoms with Crippen molar-refractivity contribution >= 4 is 34.7 Å². The molecule has 0 atom stereocenters. The Kier molecular flexibility index (Phi) is 8.09. The summed E-state index contributed by atoms with van der Waals surface area (Å²) in [6.45, 7) is 1.21. The summed E-state index contributed by atoms with van der Waals surface area (Å²) in [6.07, 6.45) is 1.69. The molecule has 11 heteroatoms. The summed E-state index contributed by atoms with van der Waals surface area (Å²) >= 11 is 7.50. The van der Waals surface area contributed by atoms with Crippen LogP contribution in [0.25, 0.3) is 11.3 Å². The summed E-state index contributed by atoms with van der Waals surface area (Å²) in [5, 5.41) is 7.77. The Balaban J connectivity index is 1.76. The largest absolute Gasteiger partial charge is 0.497 e. The number of nitrogens with zero attached hydrogens (tertiary/aromatic N) is 3. The number of aromatic nitrogens is 3. The lowest BCUT2D eigenvalue weighted by Crippen LogP contribution is -2.23. The van der Waals surface area contributed by atoms with Gasteiger partial charge in [0.05, 0.1) is 42.8 Å². The maximum Gasteiger partial charge on any atom is 0.283 e. The topological polar surface area (TPSA) is 96.6 Å². The standard InChI is InChI=1S/C25H25ClN4O5S/c1-33-12-11-29-10-4-5-18(24(29)31)20-14-23(27-15-17-7-9-22(26)36-17)30(28-20)25(32)19-8-6-16(34-2)13-21(19)35-3/h4-10,13-14,27H,11-12,15H2,1-3H3. The fraction of sp³-hybridized carbons (Fsp3) is 0.240. The third-order valence-corrected chi connectivity index (χ3v) is 6.68. The van der Waals surface area contributed by atoms with Gasteiger partial charge in [0.25, 0.3) is 11.5 Å². The first-order valence-electron chi connectivity index (χ1n) is 11.0. The van der Waals surface area contributed by atoms with Gasteiger partial charge in [-0.15, -0.1) is 11.3 Å². The summed E-state index contributed by atoms with van der Waals surface area (Å²) in [4.78, 5) is 27.7. The Morgan fingerprint density at radius 1 is 1.11 bits per heavy atom. The van der Waals surface area contributed by atoms with Crippen LogP contribution in [0.5, 0.6) is 11.5 Å². The highest BCUT2D eigenvalue weighted by atomic mass is 35.5. The minimum absolute atomic E-state index is 0.231. The number of nitrogens with one attached hydrogen (secondary N) is 1. The van der Waals surface area contributed by atoms with Crippen molar-refractivity contribution in [1.82, 2.24) is 14.3 Å². The maximum absolute atomic E-state index is 13.6. The van der Waals surface area contributed by atoms with Crippen molar-refractivity contribution in [2.24, 2.45) is 0 Å². The molecule has 0 spiro atoms. The molecule has 9 nitrogen and oxygen atoms in total. The fourth-order valence-electron chi connectivity index (χ4n) is 3.60. The van der Waals surface area contributed by atoms with Gasteiger partial charge >= 0.3 is 0 Å². The molecule has 0 aliphatic carbocycles. The van der Waals surface area contributed by atoms with E-state index in [4.69, 9.17) is 25.8 Å². The van der Waals surface area contributed by atoms with E-state index in [0.717, 1.165) is 4.88 Å². The number of halogens is 1. The quantitative estimate of drug-likeness (QED) is 0.326. The van der Waals surface area contributed by atoms with Crippen molar-refractivity contribution in [2.45, 2.75) is 13.1 Å². The lowest BCUT2D eigenvalue weighted by molar-refractivity contribution is 0.0944. The van der Waals surface area contributed by atoms with E-state index in [1.165, 1.54) is 30.2 Å². The van der Waals surface area contributed by atoms with Crippen LogP contribution in [0.2, 0.25) is 4.34 Å². The monoisotopic (exact) mass is 528 g/mol. The molecule has 0 bridgehead atoms. The molecule has 0 aliphatic heterocycles. The van der Waals surface area contributed by atoms with Crippen molar-refractivity contribution in [2.75, 3.05) is 33.3 Å². The van der Waals surface area contributed by atoms with Crippen LogP contribution in [-0.4, -0.2) is 48.2 Å².